The fraction of sp³-hybridized carbons (Fsp3) is 0.562. The van der Waals surface area contributed by atoms with Crippen molar-refractivity contribution in [3.8, 4) is 5.75 Å². The van der Waals surface area contributed by atoms with E-state index in [-0.39, 0.29) is 29.6 Å². The summed E-state index contributed by atoms with van der Waals surface area (Å²) in [4.78, 5) is 13.9. The van der Waals surface area contributed by atoms with Gasteiger partial charge in [-0.1, -0.05) is 18.5 Å². The van der Waals surface area contributed by atoms with Gasteiger partial charge in [-0.25, -0.2) is 4.39 Å². The van der Waals surface area contributed by atoms with E-state index in [9.17, 15) is 14.3 Å². The van der Waals surface area contributed by atoms with Crippen molar-refractivity contribution in [2.75, 3.05) is 26.3 Å². The topological polar surface area (TPSA) is 49.8 Å². The van der Waals surface area contributed by atoms with Crippen LogP contribution in [0.1, 0.15) is 26.2 Å². The van der Waals surface area contributed by atoms with E-state index in [0.717, 1.165) is 19.3 Å². The molecule has 1 aromatic carbocycles. The van der Waals surface area contributed by atoms with Crippen molar-refractivity contribution in [2.45, 2.75) is 26.2 Å². The molecule has 1 heterocycles. The average molecular weight is 330 g/mol. The van der Waals surface area contributed by atoms with Gasteiger partial charge in [0.1, 0.15) is 11.6 Å². The van der Waals surface area contributed by atoms with Crippen LogP contribution in [0.25, 0.3) is 0 Å². The smallest absolute Gasteiger partial charge is 0.260 e. The number of hydrogen-bond donors (Lipinski definition) is 1. The lowest BCUT2D eigenvalue weighted by atomic mass is 9.77. The fourth-order valence-electron chi connectivity index (χ4n) is 2.66. The van der Waals surface area contributed by atoms with Crippen molar-refractivity contribution in [3.63, 3.8) is 0 Å². The van der Waals surface area contributed by atoms with E-state index in [1.54, 1.807) is 4.90 Å². The molecule has 1 fully saturated rings. The third-order valence-electron chi connectivity index (χ3n) is 4.52. The lowest BCUT2D eigenvalue weighted by Gasteiger charge is -2.40. The van der Waals surface area contributed by atoms with Gasteiger partial charge in [0.25, 0.3) is 5.91 Å². The number of nitrogens with zero attached hydrogens (tertiary/aromatic N) is 1. The van der Waals surface area contributed by atoms with Crippen molar-refractivity contribution in [2.24, 2.45) is 5.41 Å². The van der Waals surface area contributed by atoms with E-state index < -0.39 is 5.82 Å². The number of carbonyl (C=O) groups is 1. The maximum Gasteiger partial charge on any atom is 0.260 e. The van der Waals surface area contributed by atoms with Crippen LogP contribution >= 0.6 is 11.6 Å². The molecule has 2 rings (SSSR count). The molecule has 1 aliphatic rings. The van der Waals surface area contributed by atoms with Gasteiger partial charge in [-0.05, 0) is 36.8 Å². The Labute approximate surface area is 134 Å². The van der Waals surface area contributed by atoms with Gasteiger partial charge in [-0.2, -0.15) is 0 Å². The molecule has 1 saturated heterocycles. The Morgan fingerprint density at radius 2 is 2.14 bits per heavy atom. The first-order chi connectivity index (χ1) is 10.5. The van der Waals surface area contributed by atoms with E-state index >= 15 is 0 Å². The third kappa shape index (κ3) is 3.90. The van der Waals surface area contributed by atoms with E-state index in [0.29, 0.717) is 18.8 Å². The number of amides is 1. The molecule has 22 heavy (non-hydrogen) atoms. The second-order valence-corrected chi connectivity index (χ2v) is 6.16. The molecule has 1 aromatic rings. The zero-order valence-corrected chi connectivity index (χ0v) is 13.4. The standard InChI is InChI=1S/C16H21ClFNO3/c1-2-16(11-20)5-7-19(8-6-16)15(21)10-22-12-3-4-14(18)13(17)9-12/h3-4,9,20H,2,5-8,10-11H2,1H3. The SMILES string of the molecule is CCC1(CO)CCN(C(=O)COc2ccc(F)c(Cl)c2)CC1. The lowest BCUT2D eigenvalue weighted by Crippen LogP contribution is -2.45. The Kier molecular flexibility index (Phi) is 5.64. The normalized spacial score (nSPS) is 17.4. The van der Waals surface area contributed by atoms with Crippen LogP contribution in [-0.2, 0) is 4.79 Å². The molecule has 0 aromatic heterocycles. The van der Waals surface area contributed by atoms with E-state index in [4.69, 9.17) is 16.3 Å². The Morgan fingerprint density at radius 3 is 2.68 bits per heavy atom. The minimum Gasteiger partial charge on any atom is -0.484 e. The molecule has 4 nitrogen and oxygen atoms in total. The van der Waals surface area contributed by atoms with Crippen molar-refractivity contribution in [1.29, 1.82) is 0 Å². The van der Waals surface area contributed by atoms with Crippen LogP contribution in [0.3, 0.4) is 0 Å². The fourth-order valence-corrected chi connectivity index (χ4v) is 2.83. The molecule has 1 N–H and O–H groups in total. The number of ether oxygens (including phenoxy) is 1. The van der Waals surface area contributed by atoms with Crippen molar-refractivity contribution >= 4 is 17.5 Å². The lowest BCUT2D eigenvalue weighted by molar-refractivity contribution is -0.136. The molecule has 6 heteroatoms. The predicted molar refractivity (Wildman–Crippen MR) is 82.5 cm³/mol. The maximum absolute atomic E-state index is 13.0. The van der Waals surface area contributed by atoms with Crippen LogP contribution in [0.4, 0.5) is 4.39 Å². The summed E-state index contributed by atoms with van der Waals surface area (Å²) < 4.78 is 18.4. The first-order valence-electron chi connectivity index (χ1n) is 7.46. The van der Waals surface area contributed by atoms with Crippen molar-refractivity contribution in [3.05, 3.63) is 29.0 Å². The monoisotopic (exact) mass is 329 g/mol. The number of carbonyl (C=O) groups excluding carboxylic acids is 1. The van der Waals surface area contributed by atoms with Gasteiger partial charge in [-0.3, -0.25) is 4.79 Å². The van der Waals surface area contributed by atoms with Gasteiger partial charge in [0.15, 0.2) is 6.61 Å². The third-order valence-corrected chi connectivity index (χ3v) is 4.81. The Balaban J connectivity index is 1.84. The van der Waals surface area contributed by atoms with Crippen LogP contribution < -0.4 is 4.74 Å². The maximum atomic E-state index is 13.0. The summed E-state index contributed by atoms with van der Waals surface area (Å²) >= 11 is 5.67. The van der Waals surface area contributed by atoms with E-state index in [1.165, 1.54) is 18.2 Å². The highest BCUT2D eigenvalue weighted by Gasteiger charge is 2.33. The van der Waals surface area contributed by atoms with E-state index in [1.807, 2.05) is 0 Å². The summed E-state index contributed by atoms with van der Waals surface area (Å²) in [6, 6.07) is 4.01. The number of likely N-dealkylation sites (tertiary alicyclic amines) is 1. The van der Waals surface area contributed by atoms with Gasteiger partial charge in [0.2, 0.25) is 0 Å². The number of hydrogen-bond acceptors (Lipinski definition) is 3. The second-order valence-electron chi connectivity index (χ2n) is 5.76. The van der Waals surface area contributed by atoms with E-state index in [2.05, 4.69) is 6.92 Å². The van der Waals surface area contributed by atoms with Gasteiger partial charge >= 0.3 is 0 Å². The number of halogens is 2. The van der Waals surface area contributed by atoms with Crippen LogP contribution in [0.15, 0.2) is 18.2 Å². The summed E-state index contributed by atoms with van der Waals surface area (Å²) in [5, 5.41) is 9.47. The number of rotatable bonds is 5. The van der Waals surface area contributed by atoms with Gasteiger partial charge < -0.3 is 14.7 Å². The Bertz CT molecular complexity index is 524. The Morgan fingerprint density at radius 1 is 1.45 bits per heavy atom. The molecule has 0 saturated carbocycles. The largest absolute Gasteiger partial charge is 0.484 e. The highest BCUT2D eigenvalue weighted by molar-refractivity contribution is 6.30. The minimum atomic E-state index is -0.517. The molecule has 1 amide bonds. The highest BCUT2D eigenvalue weighted by atomic mass is 35.5. The number of aliphatic hydroxyl groups is 1. The summed E-state index contributed by atoms with van der Waals surface area (Å²) in [5.74, 6) is -0.255. The highest BCUT2D eigenvalue weighted by Crippen LogP contribution is 2.34. The second kappa shape index (κ2) is 7.29. The summed E-state index contributed by atoms with van der Waals surface area (Å²) in [7, 11) is 0. The molecule has 122 valence electrons. The van der Waals surface area contributed by atoms with Gasteiger partial charge in [0, 0.05) is 25.8 Å². The van der Waals surface area contributed by atoms with Crippen molar-refractivity contribution in [1.82, 2.24) is 4.90 Å². The summed E-state index contributed by atoms with van der Waals surface area (Å²) in [6.45, 7) is 3.38. The Hall–Kier alpha value is -1.33. The molecule has 1 aliphatic heterocycles. The molecular weight excluding hydrogens is 309 g/mol. The molecule has 0 aliphatic carbocycles. The first kappa shape index (κ1) is 17.0. The summed E-state index contributed by atoms with van der Waals surface area (Å²) in [6.07, 6.45) is 2.51. The van der Waals surface area contributed by atoms with Gasteiger partial charge in [0.05, 0.1) is 5.02 Å². The van der Waals surface area contributed by atoms with Crippen LogP contribution in [0.2, 0.25) is 5.02 Å². The number of aliphatic hydroxyl groups excluding tert-OH is 1. The number of benzene rings is 1. The van der Waals surface area contributed by atoms with Crippen molar-refractivity contribution < 1.29 is 19.0 Å². The summed E-state index contributed by atoms with van der Waals surface area (Å²) in [5.41, 5.74) is -0.0535. The molecular formula is C16H21ClFNO3. The zero-order chi connectivity index (χ0) is 16.2. The van der Waals surface area contributed by atoms with Crippen LogP contribution in [-0.4, -0.2) is 42.2 Å². The number of piperidine rings is 1. The molecule has 0 atom stereocenters. The minimum absolute atomic E-state index is 0.0291. The predicted octanol–water partition coefficient (Wildman–Crippen LogP) is 2.87. The zero-order valence-electron chi connectivity index (χ0n) is 12.6. The van der Waals surface area contributed by atoms with Gasteiger partial charge in [-0.15, -0.1) is 0 Å². The molecule has 0 spiro atoms. The van der Waals surface area contributed by atoms with Crippen LogP contribution in [0, 0.1) is 11.2 Å². The average Bonchev–Trinajstić information content (AvgIpc) is 2.55. The molecule has 0 bridgehead atoms. The first-order valence-corrected chi connectivity index (χ1v) is 7.84. The quantitative estimate of drug-likeness (QED) is 0.903. The van der Waals surface area contributed by atoms with Crippen LogP contribution in [0.5, 0.6) is 5.75 Å². The molecule has 0 radical (unpaired) electrons. The molecule has 0 unspecified atom stereocenters.